The number of hydrogen-bond donors (Lipinski definition) is 1. The number of para-hydroxylation sites is 1. The van der Waals surface area contributed by atoms with Crippen LogP contribution in [0.1, 0.15) is 24.1 Å². The first kappa shape index (κ1) is 23.6. The van der Waals surface area contributed by atoms with Crippen LogP contribution >= 0.6 is 11.6 Å². The Labute approximate surface area is 183 Å². The third kappa shape index (κ3) is 6.15. The van der Waals surface area contributed by atoms with E-state index in [0.717, 1.165) is 16.9 Å². The molecule has 0 aliphatic carbocycles. The van der Waals surface area contributed by atoms with E-state index in [1.807, 2.05) is 50.2 Å². The van der Waals surface area contributed by atoms with Crippen LogP contribution in [0, 0.1) is 0 Å². The molecule has 0 radical (unpaired) electrons. The third-order valence-corrected chi connectivity index (χ3v) is 4.83. The molecule has 1 amide bonds. The lowest BCUT2D eigenvalue weighted by atomic mass is 10.0. The van der Waals surface area contributed by atoms with Crippen LogP contribution in [-0.4, -0.2) is 52.3 Å². The topological polar surface area (TPSA) is 60.0 Å². The molecule has 0 aromatic heterocycles. The van der Waals surface area contributed by atoms with Crippen LogP contribution in [0.5, 0.6) is 17.2 Å². The Morgan fingerprint density at radius 2 is 1.90 bits per heavy atom. The summed E-state index contributed by atoms with van der Waals surface area (Å²) in [7, 11) is 7.11. The number of nitrogens with one attached hydrogen (secondary N) is 1. The molecule has 30 heavy (non-hydrogen) atoms. The summed E-state index contributed by atoms with van der Waals surface area (Å²) in [6.07, 6.45) is 3.17. The zero-order chi connectivity index (χ0) is 22.1. The zero-order valence-electron chi connectivity index (χ0n) is 18.1. The highest BCUT2D eigenvalue weighted by Crippen LogP contribution is 2.36. The first-order valence-electron chi connectivity index (χ1n) is 9.66. The number of ether oxygens (including phenoxy) is 3. The van der Waals surface area contributed by atoms with Gasteiger partial charge in [-0.05, 0) is 50.9 Å². The maximum absolute atomic E-state index is 12.4. The lowest BCUT2D eigenvalue weighted by Gasteiger charge is -2.26. The van der Waals surface area contributed by atoms with Gasteiger partial charge in [0.1, 0.15) is 5.75 Å². The molecule has 7 heteroatoms. The second-order valence-electron chi connectivity index (χ2n) is 6.77. The largest absolute Gasteiger partial charge is 0.496 e. The van der Waals surface area contributed by atoms with Crippen LogP contribution in [0.25, 0.3) is 6.08 Å². The maximum atomic E-state index is 12.4. The van der Waals surface area contributed by atoms with Crippen LogP contribution in [-0.2, 0) is 4.79 Å². The molecule has 0 fully saturated rings. The number of halogens is 1. The summed E-state index contributed by atoms with van der Waals surface area (Å²) in [5.74, 6) is 1.60. The highest BCUT2D eigenvalue weighted by molar-refractivity contribution is 6.32. The lowest BCUT2D eigenvalue weighted by Crippen LogP contribution is -2.33. The summed E-state index contributed by atoms with van der Waals surface area (Å²) in [5, 5.41) is 3.37. The molecular weight excluding hydrogens is 404 g/mol. The van der Waals surface area contributed by atoms with Crippen LogP contribution in [0.2, 0.25) is 5.02 Å². The van der Waals surface area contributed by atoms with Gasteiger partial charge in [0, 0.05) is 18.2 Å². The minimum atomic E-state index is -0.207. The van der Waals surface area contributed by atoms with E-state index in [9.17, 15) is 4.79 Å². The number of hydrogen-bond acceptors (Lipinski definition) is 5. The molecule has 1 N–H and O–H groups in total. The number of carbonyl (C=O) groups is 1. The number of benzene rings is 2. The van der Waals surface area contributed by atoms with Gasteiger partial charge in [-0.3, -0.25) is 4.79 Å². The molecule has 2 aromatic rings. The van der Waals surface area contributed by atoms with E-state index in [4.69, 9.17) is 25.8 Å². The number of carbonyl (C=O) groups excluding carboxylic acids is 1. The molecular formula is C23H29ClN2O4. The standard InChI is InChI=1S/C23H29ClN2O4/c1-6-30-21-14-16(13-18(24)23(21)29-5)11-12-22(27)25-15-19(26(2)3)17-9-7-8-10-20(17)28-4/h7-14,19H,6,15H2,1-5H3,(H,25,27)/b12-11+. The number of methoxy groups -OCH3 is 2. The molecule has 0 aliphatic heterocycles. The van der Waals surface area contributed by atoms with E-state index in [-0.39, 0.29) is 11.9 Å². The summed E-state index contributed by atoms with van der Waals surface area (Å²) >= 11 is 6.26. The highest BCUT2D eigenvalue weighted by atomic mass is 35.5. The second-order valence-corrected chi connectivity index (χ2v) is 7.17. The van der Waals surface area contributed by atoms with Gasteiger partial charge in [-0.15, -0.1) is 0 Å². The average molecular weight is 433 g/mol. The molecule has 0 saturated heterocycles. The monoisotopic (exact) mass is 432 g/mol. The lowest BCUT2D eigenvalue weighted by molar-refractivity contribution is -0.116. The Hall–Kier alpha value is -2.70. The van der Waals surface area contributed by atoms with Crippen molar-refractivity contribution >= 4 is 23.6 Å². The number of likely N-dealkylation sites (N-methyl/N-ethyl adjacent to an activating group) is 1. The minimum Gasteiger partial charge on any atom is -0.496 e. The van der Waals surface area contributed by atoms with Gasteiger partial charge < -0.3 is 24.4 Å². The van der Waals surface area contributed by atoms with Gasteiger partial charge in [-0.1, -0.05) is 29.8 Å². The first-order valence-corrected chi connectivity index (χ1v) is 10.0. The zero-order valence-corrected chi connectivity index (χ0v) is 18.8. The minimum absolute atomic E-state index is 0.0292. The summed E-state index contributed by atoms with van der Waals surface area (Å²) in [4.78, 5) is 14.5. The molecule has 162 valence electrons. The van der Waals surface area contributed by atoms with Gasteiger partial charge in [0.15, 0.2) is 11.5 Å². The van der Waals surface area contributed by atoms with E-state index >= 15 is 0 Å². The molecule has 1 atom stereocenters. The summed E-state index contributed by atoms with van der Waals surface area (Å²) in [6.45, 7) is 2.80. The molecule has 2 rings (SSSR count). The molecule has 2 aromatic carbocycles. The van der Waals surface area contributed by atoms with E-state index < -0.39 is 0 Å². The van der Waals surface area contributed by atoms with Gasteiger partial charge in [-0.2, -0.15) is 0 Å². The maximum Gasteiger partial charge on any atom is 0.244 e. The van der Waals surface area contributed by atoms with Crippen molar-refractivity contribution in [2.75, 3.05) is 41.5 Å². The molecule has 0 bridgehead atoms. The highest BCUT2D eigenvalue weighted by Gasteiger charge is 2.18. The van der Waals surface area contributed by atoms with Crippen molar-refractivity contribution in [2.24, 2.45) is 0 Å². The van der Waals surface area contributed by atoms with Crippen molar-refractivity contribution in [3.63, 3.8) is 0 Å². The number of amides is 1. The van der Waals surface area contributed by atoms with Crippen molar-refractivity contribution < 1.29 is 19.0 Å². The summed E-state index contributed by atoms with van der Waals surface area (Å²) < 4.78 is 16.3. The number of nitrogens with zero attached hydrogens (tertiary/aromatic N) is 1. The van der Waals surface area contributed by atoms with Gasteiger partial charge >= 0.3 is 0 Å². The van der Waals surface area contributed by atoms with Gasteiger partial charge in [0.25, 0.3) is 0 Å². The smallest absolute Gasteiger partial charge is 0.244 e. The third-order valence-electron chi connectivity index (χ3n) is 4.55. The molecule has 0 aliphatic rings. The fourth-order valence-corrected chi connectivity index (χ4v) is 3.38. The Bertz CT molecular complexity index is 884. The molecule has 0 spiro atoms. The van der Waals surface area contributed by atoms with Crippen molar-refractivity contribution in [2.45, 2.75) is 13.0 Å². The van der Waals surface area contributed by atoms with Crippen molar-refractivity contribution in [1.29, 1.82) is 0 Å². The van der Waals surface area contributed by atoms with Crippen LogP contribution in [0.3, 0.4) is 0 Å². The van der Waals surface area contributed by atoms with Crippen molar-refractivity contribution in [3.05, 3.63) is 58.6 Å². The van der Waals surface area contributed by atoms with E-state index in [1.165, 1.54) is 13.2 Å². The average Bonchev–Trinajstić information content (AvgIpc) is 2.72. The fraction of sp³-hybridized carbons (Fsp3) is 0.348. The Kier molecular flexibility index (Phi) is 9.02. The summed E-state index contributed by atoms with van der Waals surface area (Å²) in [6, 6.07) is 11.3. The van der Waals surface area contributed by atoms with Gasteiger partial charge in [-0.25, -0.2) is 0 Å². The predicted molar refractivity (Wildman–Crippen MR) is 121 cm³/mol. The molecule has 0 heterocycles. The molecule has 6 nitrogen and oxygen atoms in total. The van der Waals surface area contributed by atoms with Crippen molar-refractivity contribution in [1.82, 2.24) is 10.2 Å². The van der Waals surface area contributed by atoms with Crippen molar-refractivity contribution in [3.8, 4) is 17.2 Å². The molecule has 1 unspecified atom stereocenters. The SMILES string of the molecule is CCOc1cc(/C=C/C(=O)NCC(c2ccccc2OC)N(C)C)cc(Cl)c1OC. The van der Waals surface area contributed by atoms with Crippen LogP contribution < -0.4 is 19.5 Å². The van der Waals surface area contributed by atoms with Gasteiger partial charge in [0.2, 0.25) is 5.91 Å². The quantitative estimate of drug-likeness (QED) is 0.570. The summed E-state index contributed by atoms with van der Waals surface area (Å²) in [5.41, 5.74) is 1.76. The van der Waals surface area contributed by atoms with E-state index in [1.54, 1.807) is 25.3 Å². The van der Waals surface area contributed by atoms with Crippen LogP contribution in [0.4, 0.5) is 0 Å². The predicted octanol–water partition coefficient (Wildman–Crippen LogP) is 4.19. The van der Waals surface area contributed by atoms with Gasteiger partial charge in [0.05, 0.1) is 31.9 Å². The molecule has 0 saturated carbocycles. The second kappa shape index (κ2) is 11.5. The number of rotatable bonds is 10. The van der Waals surface area contributed by atoms with Crippen LogP contribution in [0.15, 0.2) is 42.5 Å². The Morgan fingerprint density at radius 1 is 1.17 bits per heavy atom. The normalized spacial score (nSPS) is 12.1. The first-order chi connectivity index (χ1) is 14.4. The van der Waals surface area contributed by atoms with E-state index in [2.05, 4.69) is 5.32 Å². The van der Waals surface area contributed by atoms with E-state index in [0.29, 0.717) is 29.7 Å². The Balaban J connectivity index is 2.10. The Morgan fingerprint density at radius 3 is 2.53 bits per heavy atom. The fourth-order valence-electron chi connectivity index (χ4n) is 3.09.